The minimum atomic E-state index is -0.835. The molecule has 1 aromatic carbocycles. The van der Waals surface area contributed by atoms with Gasteiger partial charge in [0.25, 0.3) is 5.69 Å². The Morgan fingerprint density at radius 3 is 2.82 bits per heavy atom. The fourth-order valence-corrected chi connectivity index (χ4v) is 1.09. The molecule has 0 aliphatic rings. The molecule has 2 amide bonds. The SMILES string of the molecule is NC(=O)NN/C=C/c1c(F)cccc1[N+](=O)[O-]. The van der Waals surface area contributed by atoms with Gasteiger partial charge >= 0.3 is 6.03 Å². The van der Waals surface area contributed by atoms with Crippen molar-refractivity contribution in [2.24, 2.45) is 5.73 Å². The van der Waals surface area contributed by atoms with E-state index in [2.05, 4.69) is 5.43 Å². The molecule has 0 bridgehead atoms. The smallest absolute Gasteiger partial charge is 0.330 e. The Morgan fingerprint density at radius 1 is 1.53 bits per heavy atom. The number of primary amides is 1. The third-order valence-corrected chi connectivity index (χ3v) is 1.76. The maximum Gasteiger partial charge on any atom is 0.330 e. The van der Waals surface area contributed by atoms with Gasteiger partial charge in [0.2, 0.25) is 0 Å². The molecule has 1 rings (SSSR count). The molecule has 8 heteroatoms. The van der Waals surface area contributed by atoms with E-state index in [9.17, 15) is 19.3 Å². The molecular formula is C9H9FN4O3. The summed E-state index contributed by atoms with van der Waals surface area (Å²) in [5.74, 6) is -0.740. The molecule has 90 valence electrons. The highest BCUT2D eigenvalue weighted by Crippen LogP contribution is 2.22. The first kappa shape index (κ1) is 12.4. The van der Waals surface area contributed by atoms with Crippen LogP contribution in [-0.4, -0.2) is 11.0 Å². The van der Waals surface area contributed by atoms with Crippen LogP contribution in [0.1, 0.15) is 5.56 Å². The Kier molecular flexibility index (Phi) is 3.98. The second-order valence-corrected chi connectivity index (χ2v) is 2.90. The summed E-state index contributed by atoms with van der Waals surface area (Å²) in [7, 11) is 0. The predicted octanol–water partition coefficient (Wildman–Crippen LogP) is 0.877. The van der Waals surface area contributed by atoms with Gasteiger partial charge < -0.3 is 11.2 Å². The van der Waals surface area contributed by atoms with Gasteiger partial charge in [-0.2, -0.15) is 0 Å². The normalized spacial score (nSPS) is 10.2. The lowest BCUT2D eigenvalue weighted by Crippen LogP contribution is -2.37. The van der Waals surface area contributed by atoms with Crippen LogP contribution in [0.3, 0.4) is 0 Å². The molecule has 0 radical (unpaired) electrons. The first-order chi connectivity index (χ1) is 8.02. The molecule has 0 heterocycles. The van der Waals surface area contributed by atoms with E-state index in [0.29, 0.717) is 0 Å². The Bertz CT molecular complexity index is 475. The Morgan fingerprint density at radius 2 is 2.24 bits per heavy atom. The van der Waals surface area contributed by atoms with Crippen LogP contribution in [0, 0.1) is 15.9 Å². The van der Waals surface area contributed by atoms with E-state index < -0.39 is 16.8 Å². The quantitative estimate of drug-likeness (QED) is 0.535. The summed E-state index contributed by atoms with van der Waals surface area (Å²) in [6.07, 6.45) is 2.24. The van der Waals surface area contributed by atoms with E-state index in [1.807, 2.05) is 5.43 Å². The first-order valence-corrected chi connectivity index (χ1v) is 4.43. The van der Waals surface area contributed by atoms with Crippen LogP contribution in [-0.2, 0) is 0 Å². The number of carbonyl (C=O) groups is 1. The standard InChI is InChI=1S/C9H9FN4O3/c10-7-2-1-3-8(14(16)17)6(7)4-5-12-13-9(11)15/h1-5,12H,(H3,11,13,15)/b5-4+. The molecule has 0 aromatic heterocycles. The summed E-state index contributed by atoms with van der Waals surface area (Å²) < 4.78 is 13.3. The van der Waals surface area contributed by atoms with E-state index in [4.69, 9.17) is 5.73 Å². The Hall–Kier alpha value is -2.64. The Balaban J connectivity index is 2.89. The molecular weight excluding hydrogens is 231 g/mol. The van der Waals surface area contributed by atoms with Crippen LogP contribution in [0.2, 0.25) is 0 Å². The highest BCUT2D eigenvalue weighted by molar-refractivity contribution is 5.71. The third kappa shape index (κ3) is 3.45. The predicted molar refractivity (Wildman–Crippen MR) is 57.9 cm³/mol. The fraction of sp³-hybridized carbons (Fsp3) is 0. The number of hydrogen-bond acceptors (Lipinski definition) is 4. The van der Waals surface area contributed by atoms with Crippen molar-refractivity contribution < 1.29 is 14.1 Å². The molecule has 4 N–H and O–H groups in total. The number of amides is 2. The highest BCUT2D eigenvalue weighted by atomic mass is 19.1. The molecule has 0 unspecified atom stereocenters. The summed E-state index contributed by atoms with van der Waals surface area (Å²) in [6, 6.07) is 2.66. The second-order valence-electron chi connectivity index (χ2n) is 2.90. The second kappa shape index (κ2) is 5.45. The number of nitro benzene ring substituents is 1. The van der Waals surface area contributed by atoms with Crippen LogP contribution in [0.5, 0.6) is 0 Å². The monoisotopic (exact) mass is 240 g/mol. The van der Waals surface area contributed by atoms with Crippen LogP contribution in [0.15, 0.2) is 24.4 Å². The number of rotatable bonds is 4. The van der Waals surface area contributed by atoms with Crippen molar-refractivity contribution in [3.63, 3.8) is 0 Å². The average Bonchev–Trinajstić information content (AvgIpc) is 2.25. The van der Waals surface area contributed by atoms with Gasteiger partial charge in [0, 0.05) is 12.3 Å². The van der Waals surface area contributed by atoms with Gasteiger partial charge in [-0.25, -0.2) is 9.18 Å². The van der Waals surface area contributed by atoms with Gasteiger partial charge in [-0.05, 0) is 12.1 Å². The molecule has 7 nitrogen and oxygen atoms in total. The molecule has 0 saturated heterocycles. The van der Waals surface area contributed by atoms with E-state index in [1.165, 1.54) is 12.1 Å². The lowest BCUT2D eigenvalue weighted by atomic mass is 10.1. The number of benzene rings is 1. The number of nitrogens with zero attached hydrogens (tertiary/aromatic N) is 1. The van der Waals surface area contributed by atoms with E-state index in [1.54, 1.807) is 0 Å². The van der Waals surface area contributed by atoms with Crippen molar-refractivity contribution >= 4 is 17.8 Å². The largest absolute Gasteiger partial charge is 0.350 e. The number of hydrazine groups is 1. The summed E-state index contributed by atoms with van der Waals surface area (Å²) >= 11 is 0. The third-order valence-electron chi connectivity index (χ3n) is 1.76. The lowest BCUT2D eigenvalue weighted by molar-refractivity contribution is -0.385. The maximum atomic E-state index is 13.3. The van der Waals surface area contributed by atoms with Gasteiger partial charge in [0.1, 0.15) is 5.82 Å². The topological polar surface area (TPSA) is 110 Å². The van der Waals surface area contributed by atoms with Gasteiger partial charge in [-0.1, -0.05) is 6.07 Å². The number of hydrogen-bond donors (Lipinski definition) is 3. The number of nitrogens with one attached hydrogen (secondary N) is 2. The van der Waals surface area contributed by atoms with E-state index >= 15 is 0 Å². The zero-order valence-electron chi connectivity index (χ0n) is 8.51. The van der Waals surface area contributed by atoms with Gasteiger partial charge in [0.05, 0.1) is 10.5 Å². The number of nitro groups is 1. The van der Waals surface area contributed by atoms with Crippen LogP contribution in [0.4, 0.5) is 14.9 Å². The molecule has 0 aliphatic heterocycles. The van der Waals surface area contributed by atoms with Gasteiger partial charge in [-0.15, -0.1) is 0 Å². The van der Waals surface area contributed by atoms with Crippen molar-refractivity contribution in [2.45, 2.75) is 0 Å². The first-order valence-electron chi connectivity index (χ1n) is 4.43. The molecule has 0 saturated carbocycles. The van der Waals surface area contributed by atoms with Crippen LogP contribution >= 0.6 is 0 Å². The minimum Gasteiger partial charge on any atom is -0.350 e. The van der Waals surface area contributed by atoms with E-state index in [-0.39, 0.29) is 11.3 Å². The van der Waals surface area contributed by atoms with Gasteiger partial charge in [-0.3, -0.25) is 15.5 Å². The molecule has 0 aliphatic carbocycles. The van der Waals surface area contributed by atoms with Gasteiger partial charge in [0.15, 0.2) is 0 Å². The van der Waals surface area contributed by atoms with Crippen molar-refractivity contribution in [3.8, 4) is 0 Å². The molecule has 17 heavy (non-hydrogen) atoms. The number of urea groups is 1. The van der Waals surface area contributed by atoms with Crippen LogP contribution in [0.25, 0.3) is 6.08 Å². The maximum absolute atomic E-state index is 13.3. The molecule has 0 atom stereocenters. The molecule has 0 fully saturated rings. The Labute approximate surface area is 95.2 Å². The number of nitrogens with two attached hydrogens (primary N) is 1. The van der Waals surface area contributed by atoms with Crippen molar-refractivity contribution in [1.82, 2.24) is 10.9 Å². The minimum absolute atomic E-state index is 0.198. The number of carbonyl (C=O) groups excluding carboxylic acids is 1. The summed E-state index contributed by atoms with van der Waals surface area (Å²) in [4.78, 5) is 20.2. The zero-order valence-corrected chi connectivity index (χ0v) is 8.51. The van der Waals surface area contributed by atoms with E-state index in [0.717, 1.165) is 18.3 Å². The molecule has 0 spiro atoms. The number of halogens is 1. The zero-order chi connectivity index (χ0) is 12.8. The summed E-state index contributed by atoms with van der Waals surface area (Å²) in [5, 5.41) is 10.6. The molecule has 1 aromatic rings. The van der Waals surface area contributed by atoms with Crippen molar-refractivity contribution in [1.29, 1.82) is 0 Å². The van der Waals surface area contributed by atoms with Crippen molar-refractivity contribution in [2.75, 3.05) is 0 Å². The average molecular weight is 240 g/mol. The summed E-state index contributed by atoms with van der Waals surface area (Å²) in [5.41, 5.74) is 8.41. The van der Waals surface area contributed by atoms with Crippen LogP contribution < -0.4 is 16.6 Å². The summed E-state index contributed by atoms with van der Waals surface area (Å²) in [6.45, 7) is 0. The lowest BCUT2D eigenvalue weighted by Gasteiger charge is -2.01. The van der Waals surface area contributed by atoms with Crippen molar-refractivity contribution in [3.05, 3.63) is 45.9 Å². The fourth-order valence-electron chi connectivity index (χ4n) is 1.09. The highest BCUT2D eigenvalue weighted by Gasteiger charge is 2.14.